The molecular formula is C20H17N5O4S2. The number of thiazole rings is 1. The molecular weight excluding hydrogens is 438 g/mol. The number of aryl methyl sites for hydroxylation is 2. The topological polar surface area (TPSA) is 130 Å². The Balaban J connectivity index is 1.62. The highest BCUT2D eigenvalue weighted by Gasteiger charge is 2.15. The summed E-state index contributed by atoms with van der Waals surface area (Å²) in [4.78, 5) is 17.1. The van der Waals surface area contributed by atoms with E-state index >= 15 is 0 Å². The van der Waals surface area contributed by atoms with Gasteiger partial charge in [-0.25, -0.2) is 4.98 Å². The zero-order chi connectivity index (χ0) is 22.2. The predicted molar refractivity (Wildman–Crippen MR) is 117 cm³/mol. The number of H-pyrrole nitrogens is 1. The van der Waals surface area contributed by atoms with Crippen LogP contribution in [0.3, 0.4) is 0 Å². The molecule has 11 heteroatoms. The van der Waals surface area contributed by atoms with E-state index in [1.807, 2.05) is 36.6 Å². The van der Waals surface area contributed by atoms with Gasteiger partial charge in [0.15, 0.2) is 5.69 Å². The SMILES string of the molecule is Cc1ccc(-c2csc(-n3[nH]c(C)c(N=Nc4ccc(S(=O)(=O)O)cc4)c3=O)n2)cc1. The fourth-order valence-electron chi connectivity index (χ4n) is 2.81. The van der Waals surface area contributed by atoms with E-state index < -0.39 is 15.7 Å². The first-order valence-electron chi connectivity index (χ1n) is 9.06. The van der Waals surface area contributed by atoms with Crippen molar-refractivity contribution < 1.29 is 13.0 Å². The average molecular weight is 456 g/mol. The zero-order valence-electron chi connectivity index (χ0n) is 16.5. The van der Waals surface area contributed by atoms with Crippen molar-refractivity contribution in [2.24, 2.45) is 10.2 Å². The van der Waals surface area contributed by atoms with Crippen LogP contribution in [0.2, 0.25) is 0 Å². The van der Waals surface area contributed by atoms with Crippen molar-refractivity contribution in [2.45, 2.75) is 18.7 Å². The first-order chi connectivity index (χ1) is 14.7. The molecule has 0 fully saturated rings. The number of hydrogen-bond donors (Lipinski definition) is 2. The zero-order valence-corrected chi connectivity index (χ0v) is 18.1. The van der Waals surface area contributed by atoms with Crippen molar-refractivity contribution >= 4 is 32.8 Å². The molecule has 2 N–H and O–H groups in total. The molecule has 2 heterocycles. The third-order valence-electron chi connectivity index (χ3n) is 4.47. The Morgan fingerprint density at radius 1 is 1.03 bits per heavy atom. The Hall–Kier alpha value is -3.41. The van der Waals surface area contributed by atoms with E-state index in [0.29, 0.717) is 16.5 Å². The average Bonchev–Trinajstić information content (AvgIpc) is 3.32. The Bertz CT molecular complexity index is 1430. The van der Waals surface area contributed by atoms with Crippen LogP contribution >= 0.6 is 11.3 Å². The van der Waals surface area contributed by atoms with E-state index in [2.05, 4.69) is 20.3 Å². The molecule has 2 aromatic heterocycles. The van der Waals surface area contributed by atoms with Gasteiger partial charge in [-0.15, -0.1) is 16.5 Å². The second-order valence-electron chi connectivity index (χ2n) is 6.78. The molecule has 4 aromatic rings. The molecule has 0 atom stereocenters. The van der Waals surface area contributed by atoms with Gasteiger partial charge in [-0.05, 0) is 38.1 Å². The smallest absolute Gasteiger partial charge is 0.291 e. The summed E-state index contributed by atoms with van der Waals surface area (Å²) < 4.78 is 32.5. The fourth-order valence-corrected chi connectivity index (χ4v) is 4.08. The van der Waals surface area contributed by atoms with Crippen LogP contribution in [0.5, 0.6) is 0 Å². The van der Waals surface area contributed by atoms with Crippen LogP contribution in [-0.2, 0) is 10.1 Å². The number of hydrogen-bond acceptors (Lipinski definition) is 7. The monoisotopic (exact) mass is 455 g/mol. The van der Waals surface area contributed by atoms with Crippen LogP contribution in [0.15, 0.2) is 73.8 Å². The summed E-state index contributed by atoms with van der Waals surface area (Å²) in [6.07, 6.45) is 0. The molecule has 158 valence electrons. The summed E-state index contributed by atoms with van der Waals surface area (Å²) in [6, 6.07) is 13.1. The van der Waals surface area contributed by atoms with Crippen molar-refractivity contribution in [2.75, 3.05) is 0 Å². The molecule has 9 nitrogen and oxygen atoms in total. The van der Waals surface area contributed by atoms with Gasteiger partial charge in [0.25, 0.3) is 10.1 Å². The summed E-state index contributed by atoms with van der Waals surface area (Å²) >= 11 is 1.32. The van der Waals surface area contributed by atoms with E-state index in [1.165, 1.54) is 40.3 Å². The Labute approximate surface area is 181 Å². The lowest BCUT2D eigenvalue weighted by Gasteiger charge is -1.97. The molecule has 0 aliphatic rings. The van der Waals surface area contributed by atoms with Gasteiger partial charge in [0, 0.05) is 10.9 Å². The maximum Gasteiger partial charge on any atom is 0.301 e. The molecule has 0 amide bonds. The standard InChI is InChI=1S/C20H17N5O4S2/c1-12-3-5-14(6-4-12)17-11-30-20(21-17)25-19(26)18(13(2)24-25)23-22-15-7-9-16(10-8-15)31(27,28)29/h3-11,24H,1-2H3,(H,27,28,29). The van der Waals surface area contributed by atoms with Gasteiger partial charge in [-0.3, -0.25) is 14.4 Å². The predicted octanol–water partition coefficient (Wildman–Crippen LogP) is 4.57. The summed E-state index contributed by atoms with van der Waals surface area (Å²) in [5.74, 6) is 0. The van der Waals surface area contributed by atoms with Crippen molar-refractivity contribution in [1.82, 2.24) is 14.8 Å². The van der Waals surface area contributed by atoms with E-state index in [1.54, 1.807) is 6.92 Å². The molecule has 31 heavy (non-hydrogen) atoms. The van der Waals surface area contributed by atoms with Crippen LogP contribution < -0.4 is 5.56 Å². The van der Waals surface area contributed by atoms with Crippen molar-refractivity contribution in [3.63, 3.8) is 0 Å². The number of rotatable bonds is 5. The van der Waals surface area contributed by atoms with Crippen molar-refractivity contribution in [3.8, 4) is 16.4 Å². The van der Waals surface area contributed by atoms with Gasteiger partial charge < -0.3 is 0 Å². The molecule has 0 saturated heterocycles. The Kier molecular flexibility index (Phi) is 5.39. The first-order valence-corrected chi connectivity index (χ1v) is 11.4. The summed E-state index contributed by atoms with van der Waals surface area (Å²) in [5, 5.41) is 13.3. The third kappa shape index (κ3) is 4.38. The van der Waals surface area contributed by atoms with Crippen LogP contribution in [-0.4, -0.2) is 27.7 Å². The van der Waals surface area contributed by atoms with Gasteiger partial charge in [-0.1, -0.05) is 29.8 Å². The second-order valence-corrected chi connectivity index (χ2v) is 9.03. The lowest BCUT2D eigenvalue weighted by atomic mass is 10.1. The summed E-state index contributed by atoms with van der Waals surface area (Å²) in [7, 11) is -4.28. The molecule has 4 rings (SSSR count). The molecule has 0 saturated carbocycles. The summed E-state index contributed by atoms with van der Waals surface area (Å²) in [6.45, 7) is 3.71. The molecule has 2 aromatic carbocycles. The minimum atomic E-state index is -4.28. The van der Waals surface area contributed by atoms with Gasteiger partial charge in [0.05, 0.1) is 22.0 Å². The molecule has 0 spiro atoms. The lowest BCUT2D eigenvalue weighted by molar-refractivity contribution is 0.483. The van der Waals surface area contributed by atoms with E-state index in [-0.39, 0.29) is 10.6 Å². The number of aromatic nitrogens is 3. The maximum absolute atomic E-state index is 12.8. The van der Waals surface area contributed by atoms with Gasteiger partial charge in [0.2, 0.25) is 5.13 Å². The number of aromatic amines is 1. The molecule has 0 aliphatic carbocycles. The molecule has 0 aliphatic heterocycles. The van der Waals surface area contributed by atoms with E-state index in [4.69, 9.17) is 4.55 Å². The van der Waals surface area contributed by atoms with Crippen molar-refractivity contribution in [1.29, 1.82) is 0 Å². The maximum atomic E-state index is 12.8. The third-order valence-corrected chi connectivity index (χ3v) is 6.16. The lowest BCUT2D eigenvalue weighted by Crippen LogP contribution is -2.13. The fraction of sp³-hybridized carbons (Fsp3) is 0.100. The van der Waals surface area contributed by atoms with Gasteiger partial charge in [-0.2, -0.15) is 18.2 Å². The largest absolute Gasteiger partial charge is 0.301 e. The second kappa shape index (κ2) is 8.02. The summed E-state index contributed by atoms with van der Waals surface area (Å²) in [5.41, 5.74) is 3.42. The number of benzene rings is 2. The van der Waals surface area contributed by atoms with Crippen molar-refractivity contribution in [3.05, 3.63) is 75.5 Å². The van der Waals surface area contributed by atoms with Crippen LogP contribution in [0.4, 0.5) is 11.4 Å². The van der Waals surface area contributed by atoms with Crippen LogP contribution in [0.1, 0.15) is 11.3 Å². The molecule has 0 unspecified atom stereocenters. The van der Waals surface area contributed by atoms with Crippen LogP contribution in [0, 0.1) is 13.8 Å². The highest BCUT2D eigenvalue weighted by Crippen LogP contribution is 2.25. The number of nitrogens with zero attached hydrogens (tertiary/aromatic N) is 4. The van der Waals surface area contributed by atoms with E-state index in [0.717, 1.165) is 16.8 Å². The van der Waals surface area contributed by atoms with Gasteiger partial charge >= 0.3 is 5.56 Å². The molecule has 0 radical (unpaired) electrons. The molecule has 0 bridgehead atoms. The first kappa shape index (κ1) is 20.8. The van der Waals surface area contributed by atoms with E-state index in [9.17, 15) is 13.2 Å². The van der Waals surface area contributed by atoms with Gasteiger partial charge in [0.1, 0.15) is 0 Å². The quantitative estimate of drug-likeness (QED) is 0.336. The number of nitrogens with one attached hydrogen (secondary N) is 1. The Morgan fingerprint density at radius 2 is 1.71 bits per heavy atom. The normalized spacial score (nSPS) is 12.0. The minimum Gasteiger partial charge on any atom is -0.291 e. The Morgan fingerprint density at radius 3 is 2.35 bits per heavy atom. The number of azo groups is 1. The highest BCUT2D eigenvalue weighted by molar-refractivity contribution is 7.85. The highest BCUT2D eigenvalue weighted by atomic mass is 32.2. The minimum absolute atomic E-state index is 0.117. The van der Waals surface area contributed by atoms with Crippen LogP contribution in [0.25, 0.3) is 16.4 Å².